The van der Waals surface area contributed by atoms with Crippen molar-refractivity contribution < 1.29 is 19.0 Å². The number of amides is 1. The first-order valence-corrected chi connectivity index (χ1v) is 8.65. The fraction of sp³-hybridized carbons (Fsp3) is 0.350. The van der Waals surface area contributed by atoms with Crippen LogP contribution in [-0.2, 0) is 9.53 Å². The number of methoxy groups -OCH3 is 2. The molecule has 1 aliphatic rings. The largest absolute Gasteiger partial charge is 0.493 e. The first-order chi connectivity index (χ1) is 12.7. The topological polar surface area (TPSA) is 68.8 Å². The van der Waals surface area contributed by atoms with Gasteiger partial charge in [-0.25, -0.2) is 0 Å². The highest BCUT2D eigenvalue weighted by atomic mass is 35.5. The minimum Gasteiger partial charge on any atom is -0.493 e. The van der Waals surface area contributed by atoms with Crippen LogP contribution >= 0.6 is 12.4 Å². The van der Waals surface area contributed by atoms with E-state index in [-0.39, 0.29) is 18.3 Å². The monoisotopic (exact) mass is 392 g/mol. The highest BCUT2D eigenvalue weighted by Crippen LogP contribution is 2.31. The maximum Gasteiger partial charge on any atom is 0.256 e. The third kappa shape index (κ3) is 4.91. The molecule has 0 spiro atoms. The lowest BCUT2D eigenvalue weighted by Crippen LogP contribution is -2.51. The molecule has 2 N–H and O–H groups in total. The van der Waals surface area contributed by atoms with Crippen LogP contribution in [0.1, 0.15) is 12.8 Å². The molecule has 1 aliphatic heterocycles. The summed E-state index contributed by atoms with van der Waals surface area (Å²) in [5, 5.41) is 6.19. The molecule has 1 saturated heterocycles. The summed E-state index contributed by atoms with van der Waals surface area (Å²) < 4.78 is 16.7. The van der Waals surface area contributed by atoms with Crippen molar-refractivity contribution in [2.45, 2.75) is 18.4 Å². The van der Waals surface area contributed by atoms with Crippen LogP contribution in [0, 0.1) is 0 Å². The van der Waals surface area contributed by atoms with Gasteiger partial charge in [-0.3, -0.25) is 4.79 Å². The van der Waals surface area contributed by atoms with E-state index in [0.717, 1.165) is 13.1 Å². The first-order valence-electron chi connectivity index (χ1n) is 8.65. The number of anilines is 1. The summed E-state index contributed by atoms with van der Waals surface area (Å²) in [5.41, 5.74) is -0.0602. The lowest BCUT2D eigenvalue weighted by atomic mass is 9.91. The van der Waals surface area contributed by atoms with Gasteiger partial charge in [-0.15, -0.1) is 12.4 Å². The number of piperidine rings is 1. The second-order valence-corrected chi connectivity index (χ2v) is 6.18. The summed E-state index contributed by atoms with van der Waals surface area (Å²) in [6.07, 6.45) is 1.31. The molecule has 2 aromatic carbocycles. The lowest BCUT2D eigenvalue weighted by Gasteiger charge is -2.34. The van der Waals surface area contributed by atoms with Crippen LogP contribution in [-0.4, -0.2) is 38.8 Å². The van der Waals surface area contributed by atoms with Gasteiger partial charge in [-0.05, 0) is 62.3 Å². The van der Waals surface area contributed by atoms with Gasteiger partial charge in [-0.2, -0.15) is 0 Å². The number of carbonyl (C=O) groups excluding carboxylic acids is 1. The molecule has 1 amide bonds. The van der Waals surface area contributed by atoms with Crippen LogP contribution < -0.4 is 20.1 Å². The van der Waals surface area contributed by atoms with Crippen molar-refractivity contribution in [1.29, 1.82) is 0 Å². The second kappa shape index (κ2) is 9.60. The number of halogens is 1. The molecule has 6 nitrogen and oxygen atoms in total. The predicted molar refractivity (Wildman–Crippen MR) is 107 cm³/mol. The van der Waals surface area contributed by atoms with Crippen molar-refractivity contribution in [1.82, 2.24) is 5.32 Å². The van der Waals surface area contributed by atoms with E-state index in [0.29, 0.717) is 35.8 Å². The average Bonchev–Trinajstić information content (AvgIpc) is 2.70. The van der Waals surface area contributed by atoms with Gasteiger partial charge < -0.3 is 24.8 Å². The van der Waals surface area contributed by atoms with Gasteiger partial charge in [-0.1, -0.05) is 12.1 Å². The maximum atomic E-state index is 12.7. The van der Waals surface area contributed by atoms with Gasteiger partial charge in [0.2, 0.25) is 0 Å². The van der Waals surface area contributed by atoms with E-state index >= 15 is 0 Å². The lowest BCUT2D eigenvalue weighted by molar-refractivity contribution is -0.140. The molecular weight excluding hydrogens is 368 g/mol. The van der Waals surface area contributed by atoms with E-state index in [1.165, 1.54) is 0 Å². The normalized spacial score (nSPS) is 15.3. The third-order valence-corrected chi connectivity index (χ3v) is 4.62. The van der Waals surface area contributed by atoms with E-state index < -0.39 is 5.60 Å². The quantitative estimate of drug-likeness (QED) is 0.785. The maximum absolute atomic E-state index is 12.7. The molecule has 0 bridgehead atoms. The molecule has 0 aromatic heterocycles. The molecule has 0 atom stereocenters. The molecular formula is C20H25ClN2O4. The fourth-order valence-corrected chi connectivity index (χ4v) is 3.04. The van der Waals surface area contributed by atoms with Crippen molar-refractivity contribution in [3.05, 3.63) is 48.5 Å². The van der Waals surface area contributed by atoms with Crippen molar-refractivity contribution in [2.24, 2.45) is 0 Å². The zero-order valence-corrected chi connectivity index (χ0v) is 16.3. The van der Waals surface area contributed by atoms with Crippen LogP contribution in [0.3, 0.4) is 0 Å². The second-order valence-electron chi connectivity index (χ2n) is 6.18. The SMILES string of the molecule is COc1ccccc1Oc1ccc(NC(=O)C2(OC)CCNCC2)cc1.Cl. The summed E-state index contributed by atoms with van der Waals surface area (Å²) in [4.78, 5) is 12.7. The van der Waals surface area contributed by atoms with Crippen LogP contribution in [0.5, 0.6) is 17.2 Å². The van der Waals surface area contributed by atoms with Crippen molar-refractivity contribution in [3.63, 3.8) is 0 Å². The smallest absolute Gasteiger partial charge is 0.256 e. The van der Waals surface area contributed by atoms with E-state index in [1.54, 1.807) is 14.2 Å². The highest BCUT2D eigenvalue weighted by molar-refractivity contribution is 5.97. The summed E-state index contributed by atoms with van der Waals surface area (Å²) in [6, 6.07) is 14.7. The third-order valence-electron chi connectivity index (χ3n) is 4.62. The Labute approximate surface area is 165 Å². The van der Waals surface area contributed by atoms with Gasteiger partial charge in [0.1, 0.15) is 11.4 Å². The van der Waals surface area contributed by atoms with Crippen LogP contribution in [0.15, 0.2) is 48.5 Å². The van der Waals surface area contributed by atoms with Crippen molar-refractivity contribution >= 4 is 24.0 Å². The Bertz CT molecular complexity index is 746. The molecule has 2 aromatic rings. The van der Waals surface area contributed by atoms with Crippen molar-refractivity contribution in [3.8, 4) is 17.2 Å². The average molecular weight is 393 g/mol. The number of hydrogen-bond acceptors (Lipinski definition) is 5. The fourth-order valence-electron chi connectivity index (χ4n) is 3.04. The van der Waals surface area contributed by atoms with Gasteiger partial charge in [0.15, 0.2) is 11.5 Å². The van der Waals surface area contributed by atoms with Gasteiger partial charge >= 0.3 is 0 Å². The first kappa shape index (κ1) is 21.0. The van der Waals surface area contributed by atoms with Gasteiger partial charge in [0.05, 0.1) is 7.11 Å². The zero-order chi connectivity index (χ0) is 18.4. The number of rotatable bonds is 6. The zero-order valence-electron chi connectivity index (χ0n) is 15.5. The molecule has 1 fully saturated rings. The molecule has 0 radical (unpaired) electrons. The number of benzene rings is 2. The Hall–Kier alpha value is -2.28. The molecule has 7 heteroatoms. The molecule has 0 aliphatic carbocycles. The summed E-state index contributed by atoms with van der Waals surface area (Å²) in [5.74, 6) is 1.85. The Morgan fingerprint density at radius 2 is 1.63 bits per heavy atom. The van der Waals surface area contributed by atoms with E-state index in [1.807, 2.05) is 48.5 Å². The minimum atomic E-state index is -0.766. The summed E-state index contributed by atoms with van der Waals surface area (Å²) in [7, 11) is 3.20. The van der Waals surface area contributed by atoms with Crippen LogP contribution in [0.4, 0.5) is 5.69 Å². The Morgan fingerprint density at radius 1 is 1.00 bits per heavy atom. The molecule has 27 heavy (non-hydrogen) atoms. The Balaban J connectivity index is 0.00000261. The van der Waals surface area contributed by atoms with Gasteiger partial charge in [0, 0.05) is 12.8 Å². The minimum absolute atomic E-state index is 0. The standard InChI is InChI=1S/C20H24N2O4.ClH/c1-24-17-5-3-4-6-18(17)26-16-9-7-15(8-10-16)22-19(23)20(25-2)11-13-21-14-12-20;/h3-10,21H,11-14H2,1-2H3,(H,22,23);1H. The Morgan fingerprint density at radius 3 is 2.22 bits per heavy atom. The molecule has 0 unspecified atom stereocenters. The molecule has 0 saturated carbocycles. The summed E-state index contributed by atoms with van der Waals surface area (Å²) >= 11 is 0. The number of ether oxygens (including phenoxy) is 3. The number of para-hydroxylation sites is 2. The molecule has 1 heterocycles. The Kier molecular flexibility index (Phi) is 7.47. The van der Waals surface area contributed by atoms with Gasteiger partial charge in [0.25, 0.3) is 5.91 Å². The van der Waals surface area contributed by atoms with Crippen LogP contribution in [0.2, 0.25) is 0 Å². The van der Waals surface area contributed by atoms with Crippen LogP contribution in [0.25, 0.3) is 0 Å². The summed E-state index contributed by atoms with van der Waals surface area (Å²) in [6.45, 7) is 1.54. The number of nitrogens with one attached hydrogen (secondary N) is 2. The van der Waals surface area contributed by atoms with Crippen molar-refractivity contribution in [2.75, 3.05) is 32.6 Å². The number of hydrogen-bond donors (Lipinski definition) is 2. The molecule has 146 valence electrons. The van der Waals surface area contributed by atoms with E-state index in [9.17, 15) is 4.79 Å². The highest BCUT2D eigenvalue weighted by Gasteiger charge is 2.39. The van der Waals surface area contributed by atoms with E-state index in [2.05, 4.69) is 10.6 Å². The number of carbonyl (C=O) groups is 1. The molecule has 3 rings (SSSR count). The van der Waals surface area contributed by atoms with E-state index in [4.69, 9.17) is 14.2 Å². The predicted octanol–water partition coefficient (Wildman–Crippen LogP) is 3.62.